The van der Waals surface area contributed by atoms with Gasteiger partial charge in [0.25, 0.3) is 0 Å². The molecule has 3 unspecified atom stereocenters. The van der Waals surface area contributed by atoms with E-state index < -0.39 is 0 Å². The van der Waals surface area contributed by atoms with Crippen molar-refractivity contribution in [3.05, 3.63) is 20.3 Å². The lowest BCUT2D eigenvalue weighted by atomic mass is 9.88. The number of rotatable bonds is 3. The Balaban J connectivity index is 2.18. The van der Waals surface area contributed by atoms with Crippen molar-refractivity contribution in [2.45, 2.75) is 31.9 Å². The van der Waals surface area contributed by atoms with Gasteiger partial charge in [0.15, 0.2) is 0 Å². The highest BCUT2D eigenvalue weighted by atomic mass is 35.5. The zero-order chi connectivity index (χ0) is 11.7. The van der Waals surface area contributed by atoms with Gasteiger partial charge in [-0.05, 0) is 18.9 Å². The second kappa shape index (κ2) is 5.23. The van der Waals surface area contributed by atoms with Gasteiger partial charge in [-0.1, -0.05) is 30.1 Å². The first kappa shape index (κ1) is 12.7. The van der Waals surface area contributed by atoms with Crippen molar-refractivity contribution in [2.75, 3.05) is 6.61 Å². The first-order valence-corrected chi connectivity index (χ1v) is 7.02. The molecule has 1 fully saturated rings. The SMILES string of the molecule is CCC1OCCC1C(N)c1cc(Cl)sc1Cl. The molecule has 2 rings (SSSR count). The quantitative estimate of drug-likeness (QED) is 0.912. The van der Waals surface area contributed by atoms with Gasteiger partial charge in [-0.2, -0.15) is 0 Å². The summed E-state index contributed by atoms with van der Waals surface area (Å²) in [5.74, 6) is 0.355. The van der Waals surface area contributed by atoms with Crippen LogP contribution in [0.5, 0.6) is 0 Å². The monoisotopic (exact) mass is 279 g/mol. The lowest BCUT2D eigenvalue weighted by Gasteiger charge is -2.23. The summed E-state index contributed by atoms with van der Waals surface area (Å²) in [5.41, 5.74) is 7.23. The second-order valence-corrected chi connectivity index (χ2v) is 6.36. The van der Waals surface area contributed by atoms with Crippen LogP contribution in [0.2, 0.25) is 8.67 Å². The smallest absolute Gasteiger partial charge is 0.0992 e. The van der Waals surface area contributed by atoms with Crippen molar-refractivity contribution in [1.82, 2.24) is 0 Å². The maximum Gasteiger partial charge on any atom is 0.0992 e. The van der Waals surface area contributed by atoms with E-state index in [9.17, 15) is 0 Å². The number of nitrogens with two attached hydrogens (primary N) is 1. The summed E-state index contributed by atoms with van der Waals surface area (Å²) in [6, 6.07) is 1.81. The normalized spacial score (nSPS) is 27.2. The Kier molecular flexibility index (Phi) is 4.14. The molecule has 0 radical (unpaired) electrons. The van der Waals surface area contributed by atoms with Crippen molar-refractivity contribution in [1.29, 1.82) is 0 Å². The Hall–Kier alpha value is 0.200. The second-order valence-electron chi connectivity index (χ2n) is 4.08. The van der Waals surface area contributed by atoms with Crippen LogP contribution in [-0.4, -0.2) is 12.7 Å². The average molecular weight is 280 g/mol. The average Bonchev–Trinajstić information content (AvgIpc) is 2.83. The molecule has 3 atom stereocenters. The Morgan fingerprint density at radius 3 is 2.94 bits per heavy atom. The lowest BCUT2D eigenvalue weighted by molar-refractivity contribution is 0.0814. The molecule has 1 aromatic heterocycles. The van der Waals surface area contributed by atoms with Gasteiger partial charge >= 0.3 is 0 Å². The fourth-order valence-electron chi connectivity index (χ4n) is 2.31. The third kappa shape index (κ3) is 2.39. The predicted octanol–water partition coefficient (Wildman–Crippen LogP) is 3.87. The molecule has 1 saturated heterocycles. The maximum atomic E-state index is 6.26. The highest BCUT2D eigenvalue weighted by molar-refractivity contribution is 7.20. The maximum absolute atomic E-state index is 6.26. The molecule has 1 aromatic rings. The molecule has 2 heterocycles. The number of hydrogen-bond acceptors (Lipinski definition) is 3. The van der Waals surface area contributed by atoms with E-state index in [0.717, 1.165) is 25.0 Å². The van der Waals surface area contributed by atoms with Gasteiger partial charge < -0.3 is 10.5 Å². The van der Waals surface area contributed by atoms with E-state index in [0.29, 0.717) is 14.6 Å². The summed E-state index contributed by atoms with van der Waals surface area (Å²) in [5, 5.41) is 0. The largest absolute Gasteiger partial charge is 0.378 e. The molecule has 0 amide bonds. The number of hydrogen-bond donors (Lipinski definition) is 1. The molecular formula is C11H15Cl2NOS. The van der Waals surface area contributed by atoms with Crippen LogP contribution in [0.3, 0.4) is 0 Å². The van der Waals surface area contributed by atoms with E-state index >= 15 is 0 Å². The van der Waals surface area contributed by atoms with E-state index in [1.165, 1.54) is 11.3 Å². The third-order valence-electron chi connectivity index (χ3n) is 3.17. The van der Waals surface area contributed by atoms with Crippen molar-refractivity contribution >= 4 is 34.5 Å². The van der Waals surface area contributed by atoms with Crippen LogP contribution >= 0.6 is 34.5 Å². The summed E-state index contributed by atoms with van der Waals surface area (Å²) >= 11 is 13.4. The van der Waals surface area contributed by atoms with Gasteiger partial charge in [0.1, 0.15) is 0 Å². The highest BCUT2D eigenvalue weighted by Gasteiger charge is 2.33. The Bertz CT molecular complexity index is 369. The molecular weight excluding hydrogens is 265 g/mol. The summed E-state index contributed by atoms with van der Waals surface area (Å²) in [6.45, 7) is 2.92. The highest BCUT2D eigenvalue weighted by Crippen LogP contribution is 2.40. The van der Waals surface area contributed by atoms with Crippen LogP contribution in [0.1, 0.15) is 31.4 Å². The molecule has 5 heteroatoms. The van der Waals surface area contributed by atoms with E-state index in [2.05, 4.69) is 6.92 Å². The molecule has 1 aliphatic heterocycles. The van der Waals surface area contributed by atoms with Crippen molar-refractivity contribution in [3.63, 3.8) is 0 Å². The molecule has 2 nitrogen and oxygen atoms in total. The lowest BCUT2D eigenvalue weighted by Crippen LogP contribution is -2.27. The molecule has 0 aromatic carbocycles. The summed E-state index contributed by atoms with van der Waals surface area (Å²) in [7, 11) is 0. The van der Waals surface area contributed by atoms with Gasteiger partial charge in [0, 0.05) is 24.1 Å². The van der Waals surface area contributed by atoms with Crippen molar-refractivity contribution < 1.29 is 4.74 Å². The summed E-state index contributed by atoms with van der Waals surface area (Å²) < 4.78 is 7.06. The van der Waals surface area contributed by atoms with Crippen LogP contribution in [0.4, 0.5) is 0 Å². The first-order valence-electron chi connectivity index (χ1n) is 5.45. The Morgan fingerprint density at radius 1 is 1.62 bits per heavy atom. The standard InChI is InChI=1S/C11H15Cl2NOS/c1-2-8-6(3-4-15-8)10(14)7-5-9(12)16-11(7)13/h5-6,8,10H,2-4,14H2,1H3. The zero-order valence-corrected chi connectivity index (χ0v) is 11.4. The van der Waals surface area contributed by atoms with Crippen molar-refractivity contribution in [2.24, 2.45) is 11.7 Å². The van der Waals surface area contributed by atoms with Gasteiger partial charge in [0.05, 0.1) is 14.8 Å². The molecule has 1 aliphatic rings. The Morgan fingerprint density at radius 2 is 2.38 bits per heavy atom. The molecule has 16 heavy (non-hydrogen) atoms. The molecule has 90 valence electrons. The van der Waals surface area contributed by atoms with Crippen LogP contribution in [0, 0.1) is 5.92 Å². The van der Waals surface area contributed by atoms with E-state index in [1.807, 2.05) is 6.07 Å². The number of ether oxygens (including phenoxy) is 1. The predicted molar refractivity (Wildman–Crippen MR) is 69.4 cm³/mol. The summed E-state index contributed by atoms with van der Waals surface area (Å²) in [6.07, 6.45) is 2.25. The van der Waals surface area contributed by atoms with Crippen LogP contribution in [0.25, 0.3) is 0 Å². The minimum Gasteiger partial charge on any atom is -0.378 e. The number of thiophene rings is 1. The van der Waals surface area contributed by atoms with Crippen LogP contribution < -0.4 is 5.73 Å². The Labute approximate surface area is 110 Å². The van der Waals surface area contributed by atoms with Crippen molar-refractivity contribution in [3.8, 4) is 0 Å². The van der Waals surface area contributed by atoms with Gasteiger partial charge in [-0.25, -0.2) is 0 Å². The third-order valence-corrected chi connectivity index (χ3v) is 4.68. The first-order chi connectivity index (χ1) is 7.63. The van der Waals surface area contributed by atoms with Gasteiger partial charge in [0.2, 0.25) is 0 Å². The zero-order valence-electron chi connectivity index (χ0n) is 9.08. The minimum atomic E-state index is -0.0660. The fourth-order valence-corrected chi connectivity index (χ4v) is 3.87. The number of halogens is 2. The van der Waals surface area contributed by atoms with Crippen LogP contribution in [-0.2, 0) is 4.74 Å². The molecule has 0 aliphatic carbocycles. The van der Waals surface area contributed by atoms with E-state index in [4.69, 9.17) is 33.7 Å². The molecule has 2 N–H and O–H groups in total. The van der Waals surface area contributed by atoms with Gasteiger partial charge in [-0.15, -0.1) is 11.3 Å². The van der Waals surface area contributed by atoms with E-state index in [-0.39, 0.29) is 12.1 Å². The molecule has 0 spiro atoms. The van der Waals surface area contributed by atoms with Crippen LogP contribution in [0.15, 0.2) is 6.07 Å². The van der Waals surface area contributed by atoms with E-state index in [1.54, 1.807) is 0 Å². The summed E-state index contributed by atoms with van der Waals surface area (Å²) in [4.78, 5) is 0. The minimum absolute atomic E-state index is 0.0660. The van der Waals surface area contributed by atoms with Gasteiger partial charge in [-0.3, -0.25) is 0 Å². The fraction of sp³-hybridized carbons (Fsp3) is 0.636. The molecule has 0 saturated carbocycles. The topological polar surface area (TPSA) is 35.2 Å². The molecule has 0 bridgehead atoms.